The van der Waals surface area contributed by atoms with Gasteiger partial charge in [0, 0.05) is 24.5 Å². The van der Waals surface area contributed by atoms with Crippen molar-refractivity contribution < 1.29 is 0 Å². The van der Waals surface area contributed by atoms with Crippen LogP contribution in [0.1, 0.15) is 5.69 Å². The second-order valence-electron chi connectivity index (χ2n) is 3.14. The van der Waals surface area contributed by atoms with E-state index in [1.165, 1.54) is 0 Å². The molecule has 0 atom stereocenters. The lowest BCUT2D eigenvalue weighted by molar-refractivity contribution is 0.781. The Morgan fingerprint density at radius 2 is 2.40 bits per heavy atom. The molecule has 0 bridgehead atoms. The Kier molecular flexibility index (Phi) is 3.13. The van der Waals surface area contributed by atoms with Gasteiger partial charge in [-0.3, -0.25) is 10.1 Å². The average Bonchev–Trinajstić information content (AvgIpc) is 2.63. The number of pyridine rings is 1. The van der Waals surface area contributed by atoms with Crippen molar-refractivity contribution in [3.63, 3.8) is 0 Å². The van der Waals surface area contributed by atoms with Gasteiger partial charge in [0.2, 0.25) is 0 Å². The Labute approximate surface area is 96.3 Å². The number of H-pyrrole nitrogens is 1. The number of aromatic amines is 1. The van der Waals surface area contributed by atoms with E-state index in [9.17, 15) is 0 Å². The first-order valence-corrected chi connectivity index (χ1v) is 5.40. The smallest absolute Gasteiger partial charge is 0.108 e. The molecule has 4 nitrogen and oxygen atoms in total. The molecule has 0 aliphatic carbocycles. The van der Waals surface area contributed by atoms with Gasteiger partial charge in [-0.05, 0) is 35.1 Å². The maximum atomic E-state index is 4.25. The van der Waals surface area contributed by atoms with E-state index in [0.29, 0.717) is 0 Å². The first-order valence-electron chi connectivity index (χ1n) is 4.60. The third kappa shape index (κ3) is 2.08. The molecule has 2 N–H and O–H groups in total. The molecule has 5 heteroatoms. The van der Waals surface area contributed by atoms with Gasteiger partial charge in [0.25, 0.3) is 0 Å². The highest BCUT2D eigenvalue weighted by Crippen LogP contribution is 2.27. The van der Waals surface area contributed by atoms with Gasteiger partial charge in [-0.1, -0.05) is 0 Å². The van der Waals surface area contributed by atoms with Crippen molar-refractivity contribution in [2.75, 3.05) is 7.05 Å². The molecule has 2 aromatic heterocycles. The predicted molar refractivity (Wildman–Crippen MR) is 62.3 cm³/mol. The molecule has 2 rings (SSSR count). The molecular formula is C10H11BrN4. The number of hydrogen-bond acceptors (Lipinski definition) is 3. The fourth-order valence-electron chi connectivity index (χ4n) is 1.35. The topological polar surface area (TPSA) is 53.6 Å². The normalized spacial score (nSPS) is 10.5. The SMILES string of the molecule is CNCc1[nH]nc(-c2cccnc2)c1Br. The lowest BCUT2D eigenvalue weighted by Gasteiger charge is -1.97. The molecule has 2 aromatic rings. The van der Waals surface area contributed by atoms with Crippen LogP contribution in [-0.2, 0) is 6.54 Å². The second-order valence-corrected chi connectivity index (χ2v) is 3.93. The Balaban J connectivity index is 2.38. The van der Waals surface area contributed by atoms with Crippen molar-refractivity contribution in [2.45, 2.75) is 6.54 Å². The lowest BCUT2D eigenvalue weighted by Crippen LogP contribution is -2.05. The summed E-state index contributed by atoms with van der Waals surface area (Å²) in [7, 11) is 1.90. The number of nitrogens with zero attached hydrogens (tertiary/aromatic N) is 2. The zero-order valence-electron chi connectivity index (χ0n) is 8.29. The van der Waals surface area contributed by atoms with Crippen molar-refractivity contribution in [3.05, 3.63) is 34.7 Å². The Morgan fingerprint density at radius 3 is 3.07 bits per heavy atom. The molecule has 0 fully saturated rings. The molecule has 0 saturated heterocycles. The molecule has 78 valence electrons. The summed E-state index contributed by atoms with van der Waals surface area (Å²) in [5.41, 5.74) is 2.94. The van der Waals surface area contributed by atoms with Crippen LogP contribution in [0.4, 0.5) is 0 Å². The first-order chi connectivity index (χ1) is 7.33. The van der Waals surface area contributed by atoms with Crippen LogP contribution >= 0.6 is 15.9 Å². The summed E-state index contributed by atoms with van der Waals surface area (Å²) in [5.74, 6) is 0. The summed E-state index contributed by atoms with van der Waals surface area (Å²) in [6.07, 6.45) is 3.54. The zero-order valence-corrected chi connectivity index (χ0v) is 9.87. The van der Waals surface area contributed by atoms with Gasteiger partial charge in [-0.2, -0.15) is 5.10 Å². The molecule has 0 aliphatic heterocycles. The third-order valence-corrected chi connectivity index (χ3v) is 2.92. The van der Waals surface area contributed by atoms with Crippen LogP contribution in [0.5, 0.6) is 0 Å². The van der Waals surface area contributed by atoms with E-state index >= 15 is 0 Å². The van der Waals surface area contributed by atoms with Gasteiger partial charge < -0.3 is 5.32 Å². The molecular weight excluding hydrogens is 256 g/mol. The highest BCUT2D eigenvalue weighted by atomic mass is 79.9. The molecule has 0 spiro atoms. The summed E-state index contributed by atoms with van der Waals surface area (Å²) in [6.45, 7) is 0.758. The fourth-order valence-corrected chi connectivity index (χ4v) is 1.90. The van der Waals surface area contributed by atoms with Gasteiger partial charge in [0.05, 0.1) is 10.2 Å². The molecule has 2 heterocycles. The minimum atomic E-state index is 0.758. The first kappa shape index (κ1) is 10.3. The number of hydrogen-bond donors (Lipinski definition) is 2. The number of nitrogens with one attached hydrogen (secondary N) is 2. The summed E-state index contributed by atoms with van der Waals surface area (Å²) in [6, 6.07) is 3.88. The van der Waals surface area contributed by atoms with E-state index in [2.05, 4.69) is 36.4 Å². The third-order valence-electron chi connectivity index (χ3n) is 2.06. The van der Waals surface area contributed by atoms with Gasteiger partial charge in [-0.25, -0.2) is 0 Å². The van der Waals surface area contributed by atoms with Crippen LogP contribution in [0, 0.1) is 0 Å². The number of halogens is 1. The number of aromatic nitrogens is 3. The van der Waals surface area contributed by atoms with E-state index in [-0.39, 0.29) is 0 Å². The van der Waals surface area contributed by atoms with Crippen LogP contribution in [0.2, 0.25) is 0 Å². The van der Waals surface area contributed by atoms with Crippen LogP contribution in [0.3, 0.4) is 0 Å². The maximum absolute atomic E-state index is 4.25. The molecule has 0 unspecified atom stereocenters. The minimum Gasteiger partial charge on any atom is -0.314 e. The largest absolute Gasteiger partial charge is 0.314 e. The van der Waals surface area contributed by atoms with Gasteiger partial charge >= 0.3 is 0 Å². The van der Waals surface area contributed by atoms with E-state index < -0.39 is 0 Å². The average molecular weight is 267 g/mol. The van der Waals surface area contributed by atoms with E-state index in [4.69, 9.17) is 0 Å². The Morgan fingerprint density at radius 1 is 1.53 bits per heavy atom. The monoisotopic (exact) mass is 266 g/mol. The Hall–Kier alpha value is -1.20. The van der Waals surface area contributed by atoms with Crippen molar-refractivity contribution in [1.82, 2.24) is 20.5 Å². The van der Waals surface area contributed by atoms with Crippen LogP contribution < -0.4 is 5.32 Å². The van der Waals surface area contributed by atoms with Crippen LogP contribution in [-0.4, -0.2) is 22.2 Å². The lowest BCUT2D eigenvalue weighted by atomic mass is 10.2. The summed E-state index contributed by atoms with van der Waals surface area (Å²) >= 11 is 3.53. The molecule has 0 amide bonds. The van der Waals surface area contributed by atoms with Crippen molar-refractivity contribution in [1.29, 1.82) is 0 Å². The molecule has 0 saturated carbocycles. The van der Waals surface area contributed by atoms with Crippen LogP contribution in [0.15, 0.2) is 29.0 Å². The van der Waals surface area contributed by atoms with E-state index in [1.807, 2.05) is 19.2 Å². The fraction of sp³-hybridized carbons (Fsp3) is 0.200. The van der Waals surface area contributed by atoms with E-state index in [0.717, 1.165) is 28.0 Å². The second kappa shape index (κ2) is 4.55. The van der Waals surface area contributed by atoms with Gasteiger partial charge in [0.1, 0.15) is 5.69 Å². The minimum absolute atomic E-state index is 0.758. The molecule has 0 radical (unpaired) electrons. The summed E-state index contributed by atoms with van der Waals surface area (Å²) in [5, 5.41) is 10.3. The van der Waals surface area contributed by atoms with Gasteiger partial charge in [0.15, 0.2) is 0 Å². The van der Waals surface area contributed by atoms with Crippen LogP contribution in [0.25, 0.3) is 11.3 Å². The maximum Gasteiger partial charge on any atom is 0.108 e. The Bertz CT molecular complexity index is 438. The zero-order chi connectivity index (χ0) is 10.7. The summed E-state index contributed by atoms with van der Waals surface area (Å²) < 4.78 is 0.991. The quantitative estimate of drug-likeness (QED) is 0.893. The van der Waals surface area contributed by atoms with Gasteiger partial charge in [-0.15, -0.1) is 0 Å². The van der Waals surface area contributed by atoms with Crippen molar-refractivity contribution in [2.24, 2.45) is 0 Å². The highest BCUT2D eigenvalue weighted by Gasteiger charge is 2.11. The predicted octanol–water partition coefficient (Wildman–Crippen LogP) is 1.95. The van der Waals surface area contributed by atoms with E-state index in [1.54, 1.807) is 12.4 Å². The summed E-state index contributed by atoms with van der Waals surface area (Å²) in [4.78, 5) is 4.07. The molecule has 15 heavy (non-hydrogen) atoms. The standard InChI is InChI=1S/C10H11BrN4/c1-12-6-8-9(11)10(15-14-8)7-3-2-4-13-5-7/h2-5,12H,6H2,1H3,(H,14,15). The molecule has 0 aromatic carbocycles. The van der Waals surface area contributed by atoms with Crippen molar-refractivity contribution in [3.8, 4) is 11.3 Å². The number of rotatable bonds is 3. The van der Waals surface area contributed by atoms with Crippen molar-refractivity contribution >= 4 is 15.9 Å². The highest BCUT2D eigenvalue weighted by molar-refractivity contribution is 9.10. The molecule has 0 aliphatic rings.